The van der Waals surface area contributed by atoms with Crippen molar-refractivity contribution in [3.05, 3.63) is 18.2 Å². The zero-order valence-electron chi connectivity index (χ0n) is 14.8. The summed E-state index contributed by atoms with van der Waals surface area (Å²) in [4.78, 5) is 24.1. The van der Waals surface area contributed by atoms with Crippen LogP contribution in [-0.2, 0) is 9.53 Å². The number of ether oxygens (including phenoxy) is 3. The molecule has 0 spiro atoms. The molecule has 24 heavy (non-hydrogen) atoms. The van der Waals surface area contributed by atoms with Crippen LogP contribution in [0.1, 0.15) is 27.2 Å². The summed E-state index contributed by atoms with van der Waals surface area (Å²) in [6.07, 6.45) is 0.498. The molecule has 1 aromatic carbocycles. The number of hydrogen-bond acceptors (Lipinski definition) is 5. The van der Waals surface area contributed by atoms with Crippen molar-refractivity contribution in [2.45, 2.75) is 33.2 Å². The zero-order valence-corrected chi connectivity index (χ0v) is 14.8. The lowest BCUT2D eigenvalue weighted by molar-refractivity contribution is -0.145. The van der Waals surface area contributed by atoms with Gasteiger partial charge in [0.1, 0.15) is 6.04 Å². The Morgan fingerprint density at radius 1 is 1.12 bits per heavy atom. The van der Waals surface area contributed by atoms with Crippen LogP contribution in [0.4, 0.5) is 10.5 Å². The van der Waals surface area contributed by atoms with Crippen LogP contribution in [0.25, 0.3) is 0 Å². The van der Waals surface area contributed by atoms with E-state index in [1.807, 2.05) is 13.8 Å². The number of amides is 2. The van der Waals surface area contributed by atoms with Gasteiger partial charge < -0.3 is 24.8 Å². The number of carbonyl (C=O) groups excluding carboxylic acids is 2. The Bertz CT molecular complexity index is 560. The smallest absolute Gasteiger partial charge is 0.328 e. The summed E-state index contributed by atoms with van der Waals surface area (Å²) >= 11 is 0. The van der Waals surface area contributed by atoms with Gasteiger partial charge in [-0.2, -0.15) is 0 Å². The fraction of sp³-hybridized carbons (Fsp3) is 0.529. The maximum atomic E-state index is 12.2. The van der Waals surface area contributed by atoms with E-state index < -0.39 is 18.0 Å². The Labute approximate surface area is 142 Å². The molecule has 1 aromatic rings. The third kappa shape index (κ3) is 5.98. The minimum absolute atomic E-state index is 0.237. The Morgan fingerprint density at radius 3 is 2.33 bits per heavy atom. The molecule has 0 radical (unpaired) electrons. The molecule has 134 valence electrons. The Kier molecular flexibility index (Phi) is 7.88. The molecule has 0 bridgehead atoms. The molecule has 1 rings (SSSR count). The molecule has 0 aliphatic rings. The van der Waals surface area contributed by atoms with Crippen molar-refractivity contribution in [2.24, 2.45) is 5.92 Å². The summed E-state index contributed by atoms with van der Waals surface area (Å²) in [6.45, 7) is 5.95. The molecule has 0 aromatic heterocycles. The summed E-state index contributed by atoms with van der Waals surface area (Å²) in [5.41, 5.74) is 0.525. The lowest BCUT2D eigenvalue weighted by atomic mass is 10.0. The maximum absolute atomic E-state index is 12.2. The van der Waals surface area contributed by atoms with E-state index in [2.05, 4.69) is 10.6 Å². The molecule has 0 aliphatic carbocycles. The number of nitrogens with one attached hydrogen (secondary N) is 2. The van der Waals surface area contributed by atoms with Crippen molar-refractivity contribution < 1.29 is 23.8 Å². The van der Waals surface area contributed by atoms with E-state index in [1.165, 1.54) is 14.2 Å². The van der Waals surface area contributed by atoms with Crippen molar-refractivity contribution in [3.63, 3.8) is 0 Å². The van der Waals surface area contributed by atoms with Gasteiger partial charge in [0.05, 0.1) is 20.8 Å². The quantitative estimate of drug-likeness (QED) is 0.712. The number of methoxy groups -OCH3 is 2. The molecule has 1 atom stereocenters. The van der Waals surface area contributed by atoms with E-state index in [4.69, 9.17) is 14.2 Å². The van der Waals surface area contributed by atoms with Gasteiger partial charge in [0.25, 0.3) is 0 Å². The molecular weight excluding hydrogens is 312 g/mol. The molecule has 7 nitrogen and oxygen atoms in total. The second kappa shape index (κ2) is 9.64. The maximum Gasteiger partial charge on any atom is 0.328 e. The van der Waals surface area contributed by atoms with Crippen LogP contribution >= 0.6 is 0 Å². The second-order valence-electron chi connectivity index (χ2n) is 5.60. The Balaban J connectivity index is 2.76. The van der Waals surface area contributed by atoms with Gasteiger partial charge in [-0.25, -0.2) is 9.59 Å². The number of hydrogen-bond donors (Lipinski definition) is 2. The number of esters is 1. The minimum atomic E-state index is -0.690. The fourth-order valence-electron chi connectivity index (χ4n) is 2.17. The predicted molar refractivity (Wildman–Crippen MR) is 91.6 cm³/mol. The highest BCUT2D eigenvalue weighted by atomic mass is 16.5. The van der Waals surface area contributed by atoms with Crippen LogP contribution in [0.3, 0.4) is 0 Å². The van der Waals surface area contributed by atoms with Gasteiger partial charge >= 0.3 is 12.0 Å². The summed E-state index contributed by atoms with van der Waals surface area (Å²) in [5, 5.41) is 5.33. The normalized spacial score (nSPS) is 11.6. The fourth-order valence-corrected chi connectivity index (χ4v) is 2.17. The highest BCUT2D eigenvalue weighted by molar-refractivity contribution is 5.92. The first-order chi connectivity index (χ1) is 11.4. The van der Waals surface area contributed by atoms with Crippen molar-refractivity contribution in [1.29, 1.82) is 0 Å². The standard InChI is InChI=1S/C17H26N2O5/c1-6-24-16(20)13(9-11(2)3)19-17(21)18-12-7-8-14(22-4)15(10-12)23-5/h7-8,10-11,13H,6,9H2,1-5H3,(H2,18,19,21). The zero-order chi connectivity index (χ0) is 18.1. The molecule has 2 N–H and O–H groups in total. The highest BCUT2D eigenvalue weighted by Crippen LogP contribution is 2.29. The van der Waals surface area contributed by atoms with Crippen LogP contribution in [-0.4, -0.2) is 38.9 Å². The molecule has 0 fully saturated rings. The van der Waals surface area contributed by atoms with Crippen LogP contribution < -0.4 is 20.1 Å². The number of urea groups is 1. The summed E-state index contributed by atoms with van der Waals surface area (Å²) < 4.78 is 15.3. The van der Waals surface area contributed by atoms with Gasteiger partial charge in [0.15, 0.2) is 11.5 Å². The number of benzene rings is 1. The molecule has 7 heteroatoms. The van der Waals surface area contributed by atoms with E-state index in [1.54, 1.807) is 25.1 Å². The number of rotatable bonds is 8. The minimum Gasteiger partial charge on any atom is -0.493 e. The third-order valence-electron chi connectivity index (χ3n) is 3.22. The average molecular weight is 338 g/mol. The van der Waals surface area contributed by atoms with Crippen LogP contribution in [0.5, 0.6) is 11.5 Å². The van der Waals surface area contributed by atoms with Crippen molar-refractivity contribution >= 4 is 17.7 Å². The number of anilines is 1. The second-order valence-corrected chi connectivity index (χ2v) is 5.60. The third-order valence-corrected chi connectivity index (χ3v) is 3.22. The molecule has 0 aliphatic heterocycles. The Morgan fingerprint density at radius 2 is 1.79 bits per heavy atom. The molecule has 1 unspecified atom stereocenters. The summed E-state index contributed by atoms with van der Waals surface area (Å²) in [6, 6.07) is 3.83. The molecule has 0 saturated carbocycles. The SMILES string of the molecule is CCOC(=O)C(CC(C)C)NC(=O)Nc1ccc(OC)c(OC)c1. The van der Waals surface area contributed by atoms with Gasteiger partial charge in [0, 0.05) is 11.8 Å². The highest BCUT2D eigenvalue weighted by Gasteiger charge is 2.23. The largest absolute Gasteiger partial charge is 0.493 e. The average Bonchev–Trinajstić information content (AvgIpc) is 2.53. The molecule has 0 heterocycles. The van der Waals surface area contributed by atoms with Gasteiger partial charge in [-0.15, -0.1) is 0 Å². The van der Waals surface area contributed by atoms with Crippen LogP contribution in [0, 0.1) is 5.92 Å². The van der Waals surface area contributed by atoms with E-state index in [0.717, 1.165) is 0 Å². The van der Waals surface area contributed by atoms with E-state index in [-0.39, 0.29) is 12.5 Å². The Hall–Kier alpha value is -2.44. The topological polar surface area (TPSA) is 85.9 Å². The predicted octanol–water partition coefficient (Wildman–Crippen LogP) is 2.80. The van der Waals surface area contributed by atoms with Gasteiger partial charge in [0.2, 0.25) is 0 Å². The van der Waals surface area contributed by atoms with Gasteiger partial charge in [-0.3, -0.25) is 0 Å². The monoisotopic (exact) mass is 338 g/mol. The molecule has 0 saturated heterocycles. The molecule has 2 amide bonds. The van der Waals surface area contributed by atoms with Crippen molar-refractivity contribution in [2.75, 3.05) is 26.1 Å². The van der Waals surface area contributed by atoms with E-state index in [0.29, 0.717) is 23.6 Å². The summed E-state index contributed by atoms with van der Waals surface area (Å²) in [5.74, 6) is 0.863. The van der Waals surface area contributed by atoms with Crippen molar-refractivity contribution in [1.82, 2.24) is 5.32 Å². The lowest BCUT2D eigenvalue weighted by Crippen LogP contribution is -2.44. The van der Waals surface area contributed by atoms with Crippen LogP contribution in [0.15, 0.2) is 18.2 Å². The van der Waals surface area contributed by atoms with E-state index >= 15 is 0 Å². The van der Waals surface area contributed by atoms with Crippen LogP contribution in [0.2, 0.25) is 0 Å². The molecular formula is C17H26N2O5. The number of carbonyl (C=O) groups is 2. The van der Waals surface area contributed by atoms with Gasteiger partial charge in [-0.1, -0.05) is 13.8 Å². The van der Waals surface area contributed by atoms with Crippen molar-refractivity contribution in [3.8, 4) is 11.5 Å². The first kappa shape index (κ1) is 19.6. The van der Waals surface area contributed by atoms with E-state index in [9.17, 15) is 9.59 Å². The first-order valence-electron chi connectivity index (χ1n) is 7.87. The first-order valence-corrected chi connectivity index (χ1v) is 7.87. The summed E-state index contributed by atoms with van der Waals surface area (Å²) in [7, 11) is 3.05. The van der Waals surface area contributed by atoms with Gasteiger partial charge in [-0.05, 0) is 31.4 Å². The lowest BCUT2D eigenvalue weighted by Gasteiger charge is -2.19.